The van der Waals surface area contributed by atoms with Gasteiger partial charge in [-0.1, -0.05) is 11.3 Å². The van der Waals surface area contributed by atoms with Gasteiger partial charge in [-0.2, -0.15) is 13.2 Å². The van der Waals surface area contributed by atoms with Gasteiger partial charge in [0.1, 0.15) is 0 Å². The molecule has 62 valence electrons. The molecule has 0 saturated heterocycles. The Kier molecular flexibility index (Phi) is 2.33. The molecule has 0 bridgehead atoms. The number of alkyl halides is 3. The molecule has 0 amide bonds. The van der Waals surface area contributed by atoms with Crippen molar-refractivity contribution in [2.24, 2.45) is 0 Å². The second-order valence-corrected chi connectivity index (χ2v) is 2.57. The van der Waals surface area contributed by atoms with E-state index in [4.69, 9.17) is 0 Å². The van der Waals surface area contributed by atoms with Crippen LogP contribution in [0, 0.1) is 0 Å². The first-order valence-corrected chi connectivity index (χ1v) is 3.54. The average molecular weight is 183 g/mol. The van der Waals surface area contributed by atoms with E-state index in [1.54, 1.807) is 0 Å². The third-order valence-corrected chi connectivity index (χ3v) is 1.47. The van der Waals surface area contributed by atoms with Crippen molar-refractivity contribution in [3.05, 3.63) is 11.7 Å². The summed E-state index contributed by atoms with van der Waals surface area (Å²) in [6.45, 7) is -1.25. The smallest absolute Gasteiger partial charge is 0.422 e. The number of ether oxygens (including phenoxy) is 1. The first-order valence-electron chi connectivity index (χ1n) is 2.66. The zero-order chi connectivity index (χ0) is 8.32. The molecule has 0 aliphatic rings. The summed E-state index contributed by atoms with van der Waals surface area (Å²) in [6.07, 6.45) is -3.03. The molecule has 1 rings (SSSR count). The van der Waals surface area contributed by atoms with E-state index in [1.165, 1.54) is 11.7 Å². The maximum absolute atomic E-state index is 11.5. The molecule has 1 heterocycles. The van der Waals surface area contributed by atoms with Crippen LogP contribution in [0.25, 0.3) is 0 Å². The number of thiazole rings is 1. The molecule has 0 spiro atoms. The van der Waals surface area contributed by atoms with E-state index in [2.05, 4.69) is 9.72 Å². The van der Waals surface area contributed by atoms with E-state index >= 15 is 0 Å². The van der Waals surface area contributed by atoms with Gasteiger partial charge in [0.2, 0.25) is 0 Å². The van der Waals surface area contributed by atoms with Crippen LogP contribution in [-0.4, -0.2) is 17.8 Å². The standard InChI is InChI=1S/C5H4F3NOS/c6-5(7,8)2-10-4-1-9-3-11-4/h1,3H,2H2. The monoisotopic (exact) mass is 183 g/mol. The first-order chi connectivity index (χ1) is 5.08. The van der Waals surface area contributed by atoms with Gasteiger partial charge in [-0.15, -0.1) is 0 Å². The summed E-state index contributed by atoms with van der Waals surface area (Å²) in [7, 11) is 0. The van der Waals surface area contributed by atoms with Gasteiger partial charge in [0.25, 0.3) is 0 Å². The fourth-order valence-electron chi connectivity index (χ4n) is 0.428. The third kappa shape index (κ3) is 3.22. The van der Waals surface area contributed by atoms with Gasteiger partial charge in [0, 0.05) is 0 Å². The van der Waals surface area contributed by atoms with Crippen LogP contribution < -0.4 is 4.74 Å². The highest BCUT2D eigenvalue weighted by Crippen LogP contribution is 2.20. The lowest BCUT2D eigenvalue weighted by Crippen LogP contribution is -2.18. The second-order valence-electron chi connectivity index (χ2n) is 1.72. The minimum atomic E-state index is -4.27. The number of rotatable bonds is 2. The molecule has 1 aromatic heterocycles. The molecule has 0 aromatic carbocycles. The summed E-state index contributed by atoms with van der Waals surface area (Å²) < 4.78 is 38.9. The van der Waals surface area contributed by atoms with E-state index in [-0.39, 0.29) is 5.06 Å². The number of halogens is 3. The van der Waals surface area contributed by atoms with Crippen LogP contribution in [-0.2, 0) is 0 Å². The molecule has 0 aliphatic heterocycles. The van der Waals surface area contributed by atoms with Crippen molar-refractivity contribution in [2.75, 3.05) is 6.61 Å². The van der Waals surface area contributed by atoms with Gasteiger partial charge >= 0.3 is 6.18 Å². The predicted molar refractivity (Wildman–Crippen MR) is 33.7 cm³/mol. The van der Waals surface area contributed by atoms with Crippen molar-refractivity contribution < 1.29 is 17.9 Å². The van der Waals surface area contributed by atoms with Crippen molar-refractivity contribution in [3.8, 4) is 5.06 Å². The van der Waals surface area contributed by atoms with Gasteiger partial charge in [-0.05, 0) is 0 Å². The summed E-state index contributed by atoms with van der Waals surface area (Å²) >= 11 is 1.03. The van der Waals surface area contributed by atoms with Crippen LogP contribution in [0.15, 0.2) is 11.7 Å². The van der Waals surface area contributed by atoms with Crippen molar-refractivity contribution >= 4 is 11.3 Å². The SMILES string of the molecule is FC(F)(F)COc1cncs1. The van der Waals surface area contributed by atoms with Crippen LogP contribution in [0.3, 0.4) is 0 Å². The van der Waals surface area contributed by atoms with Crippen molar-refractivity contribution in [2.45, 2.75) is 6.18 Å². The zero-order valence-electron chi connectivity index (χ0n) is 5.26. The van der Waals surface area contributed by atoms with Gasteiger partial charge in [-0.3, -0.25) is 0 Å². The lowest BCUT2D eigenvalue weighted by molar-refractivity contribution is -0.152. The predicted octanol–water partition coefficient (Wildman–Crippen LogP) is 2.08. The van der Waals surface area contributed by atoms with Gasteiger partial charge in [0.05, 0.1) is 11.7 Å². The average Bonchev–Trinajstić information content (AvgIpc) is 2.32. The maximum atomic E-state index is 11.5. The highest BCUT2D eigenvalue weighted by Gasteiger charge is 2.28. The summed E-state index contributed by atoms with van der Waals surface area (Å²) in [5, 5.41) is 0.183. The Morgan fingerprint density at radius 3 is 2.73 bits per heavy atom. The van der Waals surface area contributed by atoms with E-state index in [9.17, 15) is 13.2 Å². The summed E-state index contributed by atoms with van der Waals surface area (Å²) in [5.74, 6) is 0. The zero-order valence-corrected chi connectivity index (χ0v) is 6.08. The quantitative estimate of drug-likeness (QED) is 0.700. The van der Waals surface area contributed by atoms with E-state index in [0.717, 1.165) is 11.3 Å². The molecule has 0 unspecified atom stereocenters. The largest absolute Gasteiger partial charge is 0.473 e. The van der Waals surface area contributed by atoms with Crippen molar-refractivity contribution in [3.63, 3.8) is 0 Å². The fourth-order valence-corrected chi connectivity index (χ4v) is 0.903. The van der Waals surface area contributed by atoms with Crippen LogP contribution in [0.5, 0.6) is 5.06 Å². The fraction of sp³-hybridized carbons (Fsp3) is 0.400. The molecule has 2 nitrogen and oxygen atoms in total. The second kappa shape index (κ2) is 3.08. The Balaban J connectivity index is 2.35. The first kappa shape index (κ1) is 8.32. The molecule has 0 saturated carbocycles. The van der Waals surface area contributed by atoms with Crippen LogP contribution in [0.1, 0.15) is 0 Å². The van der Waals surface area contributed by atoms with E-state index in [0.29, 0.717) is 0 Å². The third-order valence-electron chi connectivity index (χ3n) is 0.788. The summed E-state index contributed by atoms with van der Waals surface area (Å²) in [4.78, 5) is 3.55. The lowest BCUT2D eigenvalue weighted by atomic mass is 10.7. The maximum Gasteiger partial charge on any atom is 0.422 e. The molecule has 0 N–H and O–H groups in total. The molecule has 0 aliphatic carbocycles. The normalized spacial score (nSPS) is 11.5. The Bertz CT molecular complexity index is 208. The summed E-state index contributed by atoms with van der Waals surface area (Å²) in [5.41, 5.74) is 1.41. The van der Waals surface area contributed by atoms with Gasteiger partial charge in [-0.25, -0.2) is 4.98 Å². The Morgan fingerprint density at radius 2 is 2.27 bits per heavy atom. The highest BCUT2D eigenvalue weighted by molar-refractivity contribution is 7.11. The number of aromatic nitrogens is 1. The number of hydrogen-bond donors (Lipinski definition) is 0. The molecule has 1 aromatic rings. The van der Waals surface area contributed by atoms with Gasteiger partial charge in [0.15, 0.2) is 11.7 Å². The van der Waals surface area contributed by atoms with Crippen LogP contribution in [0.2, 0.25) is 0 Å². The minimum absolute atomic E-state index is 0.183. The number of hydrogen-bond acceptors (Lipinski definition) is 3. The molecule has 11 heavy (non-hydrogen) atoms. The van der Waals surface area contributed by atoms with Gasteiger partial charge < -0.3 is 4.74 Å². The van der Waals surface area contributed by atoms with E-state index < -0.39 is 12.8 Å². The summed E-state index contributed by atoms with van der Waals surface area (Å²) in [6, 6.07) is 0. The molecule has 0 fully saturated rings. The molecule has 0 atom stereocenters. The highest BCUT2D eigenvalue weighted by atomic mass is 32.1. The van der Waals surface area contributed by atoms with Crippen molar-refractivity contribution in [1.29, 1.82) is 0 Å². The van der Waals surface area contributed by atoms with Crippen molar-refractivity contribution in [1.82, 2.24) is 4.98 Å². The number of nitrogens with zero attached hydrogens (tertiary/aromatic N) is 1. The molecular weight excluding hydrogens is 179 g/mol. The van der Waals surface area contributed by atoms with Crippen LogP contribution >= 0.6 is 11.3 Å². The molecular formula is C5H4F3NOS. The molecule has 6 heteroatoms. The lowest BCUT2D eigenvalue weighted by Gasteiger charge is -2.05. The topological polar surface area (TPSA) is 22.1 Å². The Hall–Kier alpha value is -0.780. The van der Waals surface area contributed by atoms with Crippen LogP contribution in [0.4, 0.5) is 13.2 Å². The minimum Gasteiger partial charge on any atom is -0.473 e. The Morgan fingerprint density at radius 1 is 1.55 bits per heavy atom. The Labute approximate surface area is 64.6 Å². The van der Waals surface area contributed by atoms with E-state index in [1.807, 2.05) is 0 Å². The molecule has 0 radical (unpaired) electrons.